The van der Waals surface area contributed by atoms with Crippen LogP contribution in [0.4, 0.5) is 17.1 Å². The van der Waals surface area contributed by atoms with Gasteiger partial charge in [-0.15, -0.1) is 0 Å². The van der Waals surface area contributed by atoms with Crippen LogP contribution in [0, 0.1) is 17.0 Å². The molecule has 3 aromatic carbocycles. The zero-order valence-corrected chi connectivity index (χ0v) is 19.5. The van der Waals surface area contributed by atoms with Gasteiger partial charge in [-0.05, 0) is 48.9 Å². The second-order valence-electron chi connectivity index (χ2n) is 8.20. The van der Waals surface area contributed by atoms with E-state index in [0.717, 1.165) is 5.56 Å². The minimum absolute atomic E-state index is 0.154. The van der Waals surface area contributed by atoms with Crippen molar-refractivity contribution in [1.29, 1.82) is 0 Å². The molecule has 1 fully saturated rings. The quantitative estimate of drug-likeness (QED) is 0.291. The molecule has 9 nitrogen and oxygen atoms in total. The van der Waals surface area contributed by atoms with Crippen LogP contribution in [0.25, 0.3) is 22.6 Å². The Kier molecular flexibility index (Phi) is 6.10. The van der Waals surface area contributed by atoms with Crippen molar-refractivity contribution in [3.63, 3.8) is 0 Å². The molecule has 1 N–H and O–H groups in total. The Morgan fingerprint density at radius 1 is 1.11 bits per heavy atom. The first-order valence-corrected chi connectivity index (χ1v) is 11.4. The Morgan fingerprint density at radius 3 is 2.66 bits per heavy atom. The molecule has 5 rings (SSSR count). The van der Waals surface area contributed by atoms with Crippen molar-refractivity contribution in [2.45, 2.75) is 6.92 Å². The molecule has 0 unspecified atom stereocenters. The van der Waals surface area contributed by atoms with Gasteiger partial charge in [-0.2, -0.15) is 0 Å². The number of morpholine rings is 1. The number of hydrogen-bond acceptors (Lipinski definition) is 7. The van der Waals surface area contributed by atoms with Crippen LogP contribution in [0.5, 0.6) is 0 Å². The van der Waals surface area contributed by atoms with E-state index < -0.39 is 10.8 Å². The van der Waals surface area contributed by atoms with Crippen LogP contribution in [0.3, 0.4) is 0 Å². The van der Waals surface area contributed by atoms with Crippen molar-refractivity contribution in [3.05, 3.63) is 80.9 Å². The normalized spacial score (nSPS) is 13.7. The molecule has 35 heavy (non-hydrogen) atoms. The summed E-state index contributed by atoms with van der Waals surface area (Å²) < 4.78 is 11.3. The maximum atomic E-state index is 13.2. The summed E-state index contributed by atoms with van der Waals surface area (Å²) in [6.45, 7) is 4.17. The zero-order chi connectivity index (χ0) is 24.5. The lowest BCUT2D eigenvalue weighted by atomic mass is 10.1. The molecule has 0 bridgehead atoms. The average molecular weight is 493 g/mol. The van der Waals surface area contributed by atoms with E-state index >= 15 is 0 Å². The number of fused-ring (bicyclic) bond motifs is 1. The number of halogens is 1. The van der Waals surface area contributed by atoms with Crippen LogP contribution in [-0.2, 0) is 4.74 Å². The summed E-state index contributed by atoms with van der Waals surface area (Å²) >= 11 is 6.36. The fourth-order valence-corrected chi connectivity index (χ4v) is 4.33. The highest BCUT2D eigenvalue weighted by atomic mass is 35.5. The summed E-state index contributed by atoms with van der Waals surface area (Å²) in [6.07, 6.45) is 0. The Labute approximate surface area is 205 Å². The van der Waals surface area contributed by atoms with Crippen molar-refractivity contribution in [1.82, 2.24) is 4.98 Å². The average Bonchev–Trinajstić information content (AvgIpc) is 3.27. The monoisotopic (exact) mass is 492 g/mol. The number of ether oxygens (including phenoxy) is 1. The molecular formula is C25H21ClN4O5. The van der Waals surface area contributed by atoms with E-state index in [4.69, 9.17) is 20.8 Å². The van der Waals surface area contributed by atoms with E-state index in [1.165, 1.54) is 12.1 Å². The lowest BCUT2D eigenvalue weighted by Gasteiger charge is -2.30. The Morgan fingerprint density at radius 2 is 1.91 bits per heavy atom. The second-order valence-corrected chi connectivity index (χ2v) is 8.60. The number of hydrogen-bond donors (Lipinski definition) is 1. The Balaban J connectivity index is 1.45. The number of amides is 1. The zero-order valence-electron chi connectivity index (χ0n) is 18.8. The summed E-state index contributed by atoms with van der Waals surface area (Å²) in [6, 6.07) is 15.0. The molecule has 0 atom stereocenters. The summed E-state index contributed by atoms with van der Waals surface area (Å²) in [7, 11) is 0. The Hall–Kier alpha value is -3.95. The highest BCUT2D eigenvalue weighted by molar-refractivity contribution is 6.33. The number of benzene rings is 3. The van der Waals surface area contributed by atoms with Crippen LogP contribution in [0.1, 0.15) is 15.9 Å². The van der Waals surface area contributed by atoms with Gasteiger partial charge in [-0.1, -0.05) is 17.7 Å². The molecule has 4 aromatic rings. The number of nitro groups is 1. The number of nitro benzene ring substituents is 1. The molecule has 178 valence electrons. The van der Waals surface area contributed by atoms with E-state index in [9.17, 15) is 14.9 Å². The summed E-state index contributed by atoms with van der Waals surface area (Å²) in [4.78, 5) is 30.6. The van der Waals surface area contributed by atoms with Crippen LogP contribution in [-0.4, -0.2) is 42.1 Å². The molecule has 2 heterocycles. The van der Waals surface area contributed by atoms with Crippen molar-refractivity contribution in [2.75, 3.05) is 36.5 Å². The standard InChI is InChI=1S/C25H21ClN4O5/c1-15-2-5-18(20(26)12-15)25-28-21-13-16(3-7-23(21)35-25)27-24(31)19-14-17(30(32)33)4-6-22(19)29-8-10-34-11-9-29/h2-7,12-14H,8-11H2,1H3,(H,27,31). The van der Waals surface area contributed by atoms with E-state index in [1.54, 1.807) is 24.3 Å². The van der Waals surface area contributed by atoms with Crippen LogP contribution in [0.2, 0.25) is 5.02 Å². The molecule has 1 aliphatic rings. The Bertz CT molecular complexity index is 1450. The minimum Gasteiger partial charge on any atom is -0.436 e. The van der Waals surface area contributed by atoms with Gasteiger partial charge in [0.25, 0.3) is 11.6 Å². The number of aryl methyl sites for hydroxylation is 1. The first-order valence-electron chi connectivity index (χ1n) is 11.0. The van der Waals surface area contributed by atoms with Gasteiger partial charge in [0.1, 0.15) is 5.52 Å². The van der Waals surface area contributed by atoms with Crippen molar-refractivity contribution in [2.24, 2.45) is 0 Å². The van der Waals surface area contributed by atoms with Gasteiger partial charge >= 0.3 is 0 Å². The number of nitrogens with zero attached hydrogens (tertiary/aromatic N) is 3. The van der Waals surface area contributed by atoms with Gasteiger partial charge in [0, 0.05) is 30.9 Å². The number of non-ortho nitro benzene ring substituents is 1. The van der Waals surface area contributed by atoms with Crippen LogP contribution in [0.15, 0.2) is 59.0 Å². The van der Waals surface area contributed by atoms with Gasteiger partial charge in [0.2, 0.25) is 5.89 Å². The predicted octanol–water partition coefficient (Wildman–Crippen LogP) is 5.45. The van der Waals surface area contributed by atoms with Crippen molar-refractivity contribution < 1.29 is 18.9 Å². The number of anilines is 2. The van der Waals surface area contributed by atoms with Gasteiger partial charge in [0.15, 0.2) is 5.58 Å². The van der Waals surface area contributed by atoms with E-state index in [-0.39, 0.29) is 11.3 Å². The molecule has 1 amide bonds. The first-order chi connectivity index (χ1) is 16.9. The smallest absolute Gasteiger partial charge is 0.270 e. The van der Waals surface area contributed by atoms with Crippen LogP contribution < -0.4 is 10.2 Å². The lowest BCUT2D eigenvalue weighted by Crippen LogP contribution is -2.37. The number of rotatable bonds is 5. The predicted molar refractivity (Wildman–Crippen MR) is 133 cm³/mol. The summed E-state index contributed by atoms with van der Waals surface area (Å²) in [5.41, 5.74) is 3.95. The van der Waals surface area contributed by atoms with Gasteiger partial charge < -0.3 is 19.4 Å². The third kappa shape index (κ3) is 4.68. The second kappa shape index (κ2) is 9.36. The van der Waals surface area contributed by atoms with Gasteiger partial charge in [-0.3, -0.25) is 14.9 Å². The van der Waals surface area contributed by atoms with E-state index in [1.807, 2.05) is 30.0 Å². The fraction of sp³-hybridized carbons (Fsp3) is 0.200. The highest BCUT2D eigenvalue weighted by Gasteiger charge is 2.22. The van der Waals surface area contributed by atoms with Crippen molar-refractivity contribution >= 4 is 45.7 Å². The molecule has 10 heteroatoms. The number of nitrogens with one attached hydrogen (secondary N) is 1. The third-order valence-corrected chi connectivity index (χ3v) is 6.10. The van der Waals surface area contributed by atoms with Crippen molar-refractivity contribution in [3.8, 4) is 11.5 Å². The topological polar surface area (TPSA) is 111 Å². The molecule has 1 aromatic heterocycles. The molecular weight excluding hydrogens is 472 g/mol. The maximum absolute atomic E-state index is 13.2. The van der Waals surface area contributed by atoms with Gasteiger partial charge in [0.05, 0.1) is 40.0 Å². The molecule has 1 saturated heterocycles. The molecule has 0 saturated carbocycles. The highest BCUT2D eigenvalue weighted by Crippen LogP contribution is 2.32. The number of carbonyl (C=O) groups excluding carboxylic acids is 1. The van der Waals surface area contributed by atoms with Gasteiger partial charge in [-0.25, -0.2) is 4.98 Å². The maximum Gasteiger partial charge on any atom is 0.270 e. The minimum atomic E-state index is -0.515. The molecule has 1 aliphatic heterocycles. The SMILES string of the molecule is Cc1ccc(-c2nc3cc(NC(=O)c4cc([N+](=O)[O-])ccc4N4CCOCC4)ccc3o2)c(Cl)c1. The number of carbonyl (C=O) groups is 1. The van der Waals surface area contributed by atoms with Crippen LogP contribution >= 0.6 is 11.6 Å². The van der Waals surface area contributed by atoms with E-state index in [2.05, 4.69) is 10.3 Å². The lowest BCUT2D eigenvalue weighted by molar-refractivity contribution is -0.384. The summed E-state index contributed by atoms with van der Waals surface area (Å²) in [5.74, 6) is -0.0818. The molecule has 0 spiro atoms. The van der Waals surface area contributed by atoms with E-state index in [0.29, 0.717) is 65.3 Å². The fourth-order valence-electron chi connectivity index (χ4n) is 4.01. The number of oxazole rings is 1. The third-order valence-electron chi connectivity index (χ3n) is 5.79. The summed E-state index contributed by atoms with van der Waals surface area (Å²) in [5, 5.41) is 14.7. The number of aromatic nitrogens is 1. The first kappa shape index (κ1) is 22.8. The molecule has 0 radical (unpaired) electrons. The largest absolute Gasteiger partial charge is 0.436 e. The molecule has 0 aliphatic carbocycles.